The molecule has 1 spiro atoms. The van der Waals surface area contributed by atoms with Gasteiger partial charge in [0.2, 0.25) is 5.91 Å². The Morgan fingerprint density at radius 1 is 1.29 bits per heavy atom. The maximum atomic E-state index is 14.3. The molecular weight excluding hydrogens is 331 g/mol. The summed E-state index contributed by atoms with van der Waals surface area (Å²) in [6.45, 7) is 3.96. The summed E-state index contributed by atoms with van der Waals surface area (Å²) in [6, 6.07) is 4.42. The molecule has 0 radical (unpaired) electrons. The smallest absolute Gasteiger partial charge is 0.257 e. The maximum absolute atomic E-state index is 14.3. The third kappa shape index (κ3) is 2.69. The molecule has 4 nitrogen and oxygen atoms in total. The van der Waals surface area contributed by atoms with E-state index in [1.54, 1.807) is 11.0 Å². The molecule has 2 fully saturated rings. The molecule has 2 aliphatic heterocycles. The van der Waals surface area contributed by atoms with Crippen molar-refractivity contribution in [2.45, 2.75) is 44.6 Å². The number of carbonyl (C=O) groups excluding carboxylic acids is 2. The van der Waals surface area contributed by atoms with Gasteiger partial charge in [-0.2, -0.15) is 0 Å². The molecule has 2 saturated heterocycles. The van der Waals surface area contributed by atoms with Crippen LogP contribution in [0.1, 0.15) is 49.4 Å². The van der Waals surface area contributed by atoms with E-state index in [4.69, 9.17) is 11.6 Å². The van der Waals surface area contributed by atoms with Crippen LogP contribution in [-0.2, 0) is 4.79 Å². The van der Waals surface area contributed by atoms with Crippen molar-refractivity contribution in [3.63, 3.8) is 0 Å². The van der Waals surface area contributed by atoms with E-state index in [9.17, 15) is 14.0 Å². The number of hydrogen-bond acceptors (Lipinski definition) is 2. The number of benzene rings is 1. The van der Waals surface area contributed by atoms with Gasteiger partial charge < -0.3 is 9.80 Å². The van der Waals surface area contributed by atoms with Crippen LogP contribution >= 0.6 is 11.6 Å². The number of hydrogen-bond donors (Lipinski definition) is 0. The standard InChI is InChI=1S/C18H22ClFN2O2/c1-2-10-21-11-4-8-18(17(21)24)9-5-12-22(18)16(23)13-6-3-7-14(19)15(13)20/h3,6-7H,2,4-5,8-12H2,1H3. The molecule has 1 aromatic carbocycles. The molecule has 0 bridgehead atoms. The Hall–Kier alpha value is -1.62. The molecule has 0 aromatic heterocycles. The van der Waals surface area contributed by atoms with E-state index in [1.165, 1.54) is 12.1 Å². The fraction of sp³-hybridized carbons (Fsp3) is 0.556. The van der Waals surface area contributed by atoms with Crippen molar-refractivity contribution in [2.24, 2.45) is 0 Å². The zero-order chi connectivity index (χ0) is 17.3. The summed E-state index contributed by atoms with van der Waals surface area (Å²) in [7, 11) is 0. The maximum Gasteiger partial charge on any atom is 0.257 e. The molecule has 0 aliphatic carbocycles. The van der Waals surface area contributed by atoms with Gasteiger partial charge in [0.25, 0.3) is 5.91 Å². The largest absolute Gasteiger partial charge is 0.341 e. The Kier molecular flexibility index (Phi) is 4.81. The van der Waals surface area contributed by atoms with E-state index in [1.807, 2.05) is 11.8 Å². The molecule has 0 N–H and O–H groups in total. The minimum absolute atomic E-state index is 0.0175. The van der Waals surface area contributed by atoms with Crippen LogP contribution in [-0.4, -0.2) is 46.8 Å². The van der Waals surface area contributed by atoms with Gasteiger partial charge in [0.15, 0.2) is 5.82 Å². The molecule has 6 heteroatoms. The summed E-state index contributed by atoms with van der Waals surface area (Å²) in [5.74, 6) is -1.12. The lowest BCUT2D eigenvalue weighted by Gasteiger charge is -2.44. The van der Waals surface area contributed by atoms with E-state index < -0.39 is 17.3 Å². The number of rotatable bonds is 3. The van der Waals surface area contributed by atoms with Crippen molar-refractivity contribution in [3.05, 3.63) is 34.6 Å². The lowest BCUT2D eigenvalue weighted by Crippen LogP contribution is -2.61. The number of halogens is 2. The molecule has 2 aliphatic rings. The highest BCUT2D eigenvalue weighted by Crippen LogP contribution is 2.39. The van der Waals surface area contributed by atoms with Crippen LogP contribution in [0.5, 0.6) is 0 Å². The lowest BCUT2D eigenvalue weighted by molar-refractivity contribution is -0.145. The molecule has 130 valence electrons. The van der Waals surface area contributed by atoms with Gasteiger partial charge in [-0.05, 0) is 44.2 Å². The molecule has 2 amide bonds. The second-order valence-electron chi connectivity index (χ2n) is 6.59. The van der Waals surface area contributed by atoms with Crippen molar-refractivity contribution in [3.8, 4) is 0 Å². The van der Waals surface area contributed by atoms with Gasteiger partial charge in [-0.15, -0.1) is 0 Å². The van der Waals surface area contributed by atoms with Crippen LogP contribution in [0.25, 0.3) is 0 Å². The minimum atomic E-state index is -0.806. The van der Waals surface area contributed by atoms with Gasteiger partial charge in [0.1, 0.15) is 5.54 Å². The molecule has 1 atom stereocenters. The monoisotopic (exact) mass is 352 g/mol. The number of piperidine rings is 1. The fourth-order valence-electron chi connectivity index (χ4n) is 4.02. The van der Waals surface area contributed by atoms with Crippen molar-refractivity contribution in [2.75, 3.05) is 19.6 Å². The van der Waals surface area contributed by atoms with Crippen molar-refractivity contribution < 1.29 is 14.0 Å². The van der Waals surface area contributed by atoms with E-state index in [2.05, 4.69) is 0 Å². The van der Waals surface area contributed by atoms with Gasteiger partial charge >= 0.3 is 0 Å². The zero-order valence-corrected chi connectivity index (χ0v) is 14.6. The Balaban J connectivity index is 1.94. The summed E-state index contributed by atoms with van der Waals surface area (Å²) in [4.78, 5) is 29.4. The highest BCUT2D eigenvalue weighted by molar-refractivity contribution is 6.31. The topological polar surface area (TPSA) is 40.6 Å². The average molecular weight is 353 g/mol. The zero-order valence-electron chi connectivity index (χ0n) is 13.9. The minimum Gasteiger partial charge on any atom is -0.341 e. The molecular formula is C18H22ClFN2O2. The normalized spacial score (nSPS) is 24.0. The third-order valence-electron chi connectivity index (χ3n) is 5.11. The average Bonchev–Trinajstić information content (AvgIpc) is 2.99. The number of likely N-dealkylation sites (tertiary alicyclic amines) is 2. The molecule has 1 unspecified atom stereocenters. The lowest BCUT2D eigenvalue weighted by atomic mass is 9.85. The highest BCUT2D eigenvalue weighted by Gasteiger charge is 2.52. The van der Waals surface area contributed by atoms with Crippen molar-refractivity contribution in [1.29, 1.82) is 0 Å². The first-order valence-corrected chi connectivity index (χ1v) is 8.94. The Labute approximate surface area is 146 Å². The molecule has 0 saturated carbocycles. The summed E-state index contributed by atoms with van der Waals surface area (Å²) in [5.41, 5.74) is -0.858. The first-order chi connectivity index (χ1) is 11.5. The van der Waals surface area contributed by atoms with Crippen LogP contribution in [0.3, 0.4) is 0 Å². The summed E-state index contributed by atoms with van der Waals surface area (Å²) < 4.78 is 14.3. The van der Waals surface area contributed by atoms with E-state index in [0.717, 1.165) is 25.8 Å². The summed E-state index contributed by atoms with van der Waals surface area (Å²) >= 11 is 5.81. The summed E-state index contributed by atoms with van der Waals surface area (Å²) in [5, 5.41) is -0.0725. The number of nitrogens with zero attached hydrogens (tertiary/aromatic N) is 2. The van der Waals surface area contributed by atoms with Gasteiger partial charge in [-0.3, -0.25) is 9.59 Å². The van der Waals surface area contributed by atoms with Crippen molar-refractivity contribution in [1.82, 2.24) is 9.80 Å². The molecule has 24 heavy (non-hydrogen) atoms. The SMILES string of the molecule is CCCN1CCCC2(CCCN2C(=O)c2cccc(Cl)c2F)C1=O. The van der Waals surface area contributed by atoms with Crippen LogP contribution < -0.4 is 0 Å². The quantitative estimate of drug-likeness (QED) is 0.835. The second-order valence-corrected chi connectivity index (χ2v) is 7.00. The highest BCUT2D eigenvalue weighted by atomic mass is 35.5. The Bertz CT molecular complexity index is 664. The van der Waals surface area contributed by atoms with Crippen LogP contribution in [0.15, 0.2) is 18.2 Å². The molecule has 3 rings (SSSR count). The fourth-order valence-corrected chi connectivity index (χ4v) is 4.19. The molecule has 1 aromatic rings. The van der Waals surface area contributed by atoms with Crippen LogP contribution in [0, 0.1) is 5.82 Å². The van der Waals surface area contributed by atoms with Gasteiger partial charge in [-0.1, -0.05) is 24.6 Å². The number of amides is 2. The molecule has 2 heterocycles. The van der Waals surface area contributed by atoms with Crippen LogP contribution in [0.4, 0.5) is 4.39 Å². The third-order valence-corrected chi connectivity index (χ3v) is 5.41. The first-order valence-electron chi connectivity index (χ1n) is 8.56. The predicted octanol–water partition coefficient (Wildman–Crippen LogP) is 3.49. The first kappa shape index (κ1) is 17.2. The van der Waals surface area contributed by atoms with E-state index in [0.29, 0.717) is 25.9 Å². The van der Waals surface area contributed by atoms with Gasteiger partial charge in [0.05, 0.1) is 10.6 Å². The Morgan fingerprint density at radius 2 is 2.00 bits per heavy atom. The second kappa shape index (κ2) is 6.71. The van der Waals surface area contributed by atoms with Gasteiger partial charge in [0, 0.05) is 19.6 Å². The Morgan fingerprint density at radius 3 is 2.71 bits per heavy atom. The number of carbonyl (C=O) groups is 2. The predicted molar refractivity (Wildman–Crippen MR) is 90.5 cm³/mol. The summed E-state index contributed by atoms with van der Waals surface area (Å²) in [6.07, 6.45) is 3.83. The van der Waals surface area contributed by atoms with Crippen molar-refractivity contribution >= 4 is 23.4 Å². The van der Waals surface area contributed by atoms with E-state index >= 15 is 0 Å². The van der Waals surface area contributed by atoms with Crippen LogP contribution in [0.2, 0.25) is 5.02 Å². The van der Waals surface area contributed by atoms with E-state index in [-0.39, 0.29) is 16.5 Å². The van der Waals surface area contributed by atoms with Gasteiger partial charge in [-0.25, -0.2) is 4.39 Å².